The van der Waals surface area contributed by atoms with Crippen LogP contribution in [0.15, 0.2) is 5.57 Å². The van der Waals surface area contributed by atoms with Gasteiger partial charge in [-0.15, -0.1) is 0 Å². The second-order valence-electron chi connectivity index (χ2n) is 2.48. The van der Waals surface area contributed by atoms with Crippen LogP contribution in [0.1, 0.15) is 25.7 Å². The van der Waals surface area contributed by atoms with Crippen LogP contribution in [0.4, 0.5) is 0 Å². The minimum atomic E-state index is 0.0104. The van der Waals surface area contributed by atoms with Crippen LogP contribution in [0.2, 0.25) is 0 Å². The van der Waals surface area contributed by atoms with Crippen LogP contribution in [0.25, 0.3) is 0 Å². The summed E-state index contributed by atoms with van der Waals surface area (Å²) in [5.41, 5.74) is 6.37. The molecule has 0 unspecified atom stereocenters. The maximum Gasteiger partial charge on any atom is 0.125 e. The molecule has 0 spiro atoms. The summed E-state index contributed by atoms with van der Waals surface area (Å²) in [6.07, 6.45) is 4.10. The highest BCUT2D eigenvalue weighted by atomic mass is 16.1. The van der Waals surface area contributed by atoms with E-state index < -0.39 is 0 Å². The van der Waals surface area contributed by atoms with Gasteiger partial charge in [0.05, 0.1) is 0 Å². The largest absolute Gasteiger partial charge is 0.324 e. The summed E-state index contributed by atoms with van der Waals surface area (Å²) in [5, 5.41) is 0. The Kier molecular flexibility index (Phi) is 2.04. The molecule has 1 rings (SSSR count). The van der Waals surface area contributed by atoms with Gasteiger partial charge < -0.3 is 5.73 Å². The van der Waals surface area contributed by atoms with Crippen molar-refractivity contribution in [1.29, 1.82) is 0 Å². The van der Waals surface area contributed by atoms with Crippen LogP contribution in [0.5, 0.6) is 0 Å². The number of hydrogen-bond acceptors (Lipinski definition) is 2. The second-order valence-corrected chi connectivity index (χ2v) is 2.48. The standard InChI is InChI=1S/C7H11NO/c8-7-4-2-1-3-6(7)5-9/h7H,1-4,8H2/t7-/m0/s1. The van der Waals surface area contributed by atoms with Crippen molar-refractivity contribution in [3.63, 3.8) is 0 Å². The molecule has 2 N–H and O–H groups in total. The molecule has 9 heavy (non-hydrogen) atoms. The Morgan fingerprint density at radius 3 is 2.78 bits per heavy atom. The third kappa shape index (κ3) is 1.41. The highest BCUT2D eigenvalue weighted by Crippen LogP contribution is 2.19. The fraction of sp³-hybridized carbons (Fsp3) is 0.714. The molecule has 2 heteroatoms. The molecule has 2 nitrogen and oxygen atoms in total. The first-order valence-corrected chi connectivity index (χ1v) is 3.34. The van der Waals surface area contributed by atoms with Crippen molar-refractivity contribution in [1.82, 2.24) is 0 Å². The van der Waals surface area contributed by atoms with E-state index in [9.17, 15) is 4.79 Å². The van der Waals surface area contributed by atoms with Gasteiger partial charge in [0, 0.05) is 11.6 Å². The molecule has 0 saturated heterocycles. The smallest absolute Gasteiger partial charge is 0.125 e. The SMILES string of the molecule is N[C@H]1CCCCC1=C=O. The van der Waals surface area contributed by atoms with Crippen LogP contribution in [-0.4, -0.2) is 12.0 Å². The molecule has 0 aromatic heterocycles. The average molecular weight is 125 g/mol. The van der Waals surface area contributed by atoms with Gasteiger partial charge in [0.1, 0.15) is 5.94 Å². The highest BCUT2D eigenvalue weighted by molar-refractivity contribution is 5.54. The Morgan fingerprint density at radius 2 is 2.33 bits per heavy atom. The first-order chi connectivity index (χ1) is 4.34. The fourth-order valence-electron chi connectivity index (χ4n) is 1.17. The van der Waals surface area contributed by atoms with Gasteiger partial charge in [-0.2, -0.15) is 0 Å². The summed E-state index contributed by atoms with van der Waals surface area (Å²) >= 11 is 0. The molecule has 1 saturated carbocycles. The third-order valence-corrected chi connectivity index (χ3v) is 1.79. The van der Waals surface area contributed by atoms with Crippen molar-refractivity contribution in [2.45, 2.75) is 31.7 Å². The van der Waals surface area contributed by atoms with Gasteiger partial charge in [0.15, 0.2) is 0 Å². The number of hydrogen-bond donors (Lipinski definition) is 1. The predicted molar refractivity (Wildman–Crippen MR) is 35.6 cm³/mol. The lowest BCUT2D eigenvalue weighted by Crippen LogP contribution is -2.25. The zero-order valence-electron chi connectivity index (χ0n) is 5.39. The summed E-state index contributed by atoms with van der Waals surface area (Å²) in [7, 11) is 0. The van der Waals surface area contributed by atoms with Gasteiger partial charge in [-0.1, -0.05) is 6.42 Å². The number of rotatable bonds is 0. The molecule has 1 aliphatic carbocycles. The Labute approximate surface area is 54.7 Å². The first kappa shape index (κ1) is 6.53. The summed E-state index contributed by atoms with van der Waals surface area (Å²) in [6.45, 7) is 0. The fourth-order valence-corrected chi connectivity index (χ4v) is 1.17. The van der Waals surface area contributed by atoms with Crippen LogP contribution in [0.3, 0.4) is 0 Å². The monoisotopic (exact) mass is 125 g/mol. The van der Waals surface area contributed by atoms with E-state index in [4.69, 9.17) is 5.73 Å². The molecule has 0 amide bonds. The minimum Gasteiger partial charge on any atom is -0.324 e. The zero-order valence-corrected chi connectivity index (χ0v) is 5.39. The van der Waals surface area contributed by atoms with Crippen molar-refractivity contribution in [2.75, 3.05) is 0 Å². The zero-order chi connectivity index (χ0) is 6.69. The molecular weight excluding hydrogens is 114 g/mol. The van der Waals surface area contributed by atoms with Crippen LogP contribution >= 0.6 is 0 Å². The minimum absolute atomic E-state index is 0.0104. The van der Waals surface area contributed by atoms with Gasteiger partial charge in [-0.05, 0) is 19.3 Å². The van der Waals surface area contributed by atoms with Crippen molar-refractivity contribution in [2.24, 2.45) is 5.73 Å². The summed E-state index contributed by atoms with van der Waals surface area (Å²) < 4.78 is 0. The Hall–Kier alpha value is -0.590. The van der Waals surface area contributed by atoms with Gasteiger partial charge in [0.25, 0.3) is 0 Å². The molecule has 0 heterocycles. The van der Waals surface area contributed by atoms with Crippen LogP contribution in [0, 0.1) is 0 Å². The van der Waals surface area contributed by atoms with E-state index in [1.54, 1.807) is 0 Å². The Balaban J connectivity index is 2.59. The van der Waals surface area contributed by atoms with Crippen LogP contribution < -0.4 is 5.73 Å². The highest BCUT2D eigenvalue weighted by Gasteiger charge is 2.14. The molecule has 0 bridgehead atoms. The van der Waals surface area contributed by atoms with E-state index in [1.807, 2.05) is 5.94 Å². The molecule has 1 atom stereocenters. The third-order valence-electron chi connectivity index (χ3n) is 1.79. The first-order valence-electron chi connectivity index (χ1n) is 3.34. The Morgan fingerprint density at radius 1 is 1.56 bits per heavy atom. The van der Waals surface area contributed by atoms with E-state index in [0.717, 1.165) is 31.3 Å². The van der Waals surface area contributed by atoms with Crippen molar-refractivity contribution in [3.8, 4) is 0 Å². The number of carbonyl (C=O) groups excluding carboxylic acids is 1. The molecule has 0 aliphatic heterocycles. The molecule has 1 fully saturated rings. The van der Waals surface area contributed by atoms with Gasteiger partial charge in [0.2, 0.25) is 0 Å². The lowest BCUT2D eigenvalue weighted by atomic mass is 9.92. The van der Waals surface area contributed by atoms with E-state index in [1.165, 1.54) is 0 Å². The average Bonchev–Trinajstić information content (AvgIpc) is 1.89. The van der Waals surface area contributed by atoms with Gasteiger partial charge >= 0.3 is 0 Å². The topological polar surface area (TPSA) is 43.1 Å². The summed E-state index contributed by atoms with van der Waals surface area (Å²) in [4.78, 5) is 10.1. The quantitative estimate of drug-likeness (QED) is 0.483. The van der Waals surface area contributed by atoms with Gasteiger partial charge in [-0.25, -0.2) is 4.79 Å². The maximum atomic E-state index is 10.1. The van der Waals surface area contributed by atoms with Crippen LogP contribution in [-0.2, 0) is 4.79 Å². The molecule has 1 aliphatic rings. The molecule has 50 valence electrons. The normalized spacial score (nSPS) is 27.7. The molecule has 0 aromatic rings. The van der Waals surface area contributed by atoms with E-state index in [-0.39, 0.29) is 6.04 Å². The van der Waals surface area contributed by atoms with Gasteiger partial charge in [-0.3, -0.25) is 0 Å². The number of nitrogens with two attached hydrogens (primary N) is 1. The summed E-state index contributed by atoms with van der Waals surface area (Å²) in [5.74, 6) is 1.90. The van der Waals surface area contributed by atoms with Crippen molar-refractivity contribution in [3.05, 3.63) is 5.57 Å². The molecule has 0 radical (unpaired) electrons. The summed E-state index contributed by atoms with van der Waals surface area (Å²) in [6, 6.07) is 0.0104. The van der Waals surface area contributed by atoms with Crippen molar-refractivity contribution < 1.29 is 4.79 Å². The Bertz CT molecular complexity index is 147. The van der Waals surface area contributed by atoms with Crippen molar-refractivity contribution >= 4 is 5.94 Å². The second kappa shape index (κ2) is 2.81. The molecular formula is C7H11NO. The van der Waals surface area contributed by atoms with E-state index in [0.29, 0.717) is 0 Å². The predicted octanol–water partition coefficient (Wildman–Crippen LogP) is 0.646. The van der Waals surface area contributed by atoms with E-state index >= 15 is 0 Å². The van der Waals surface area contributed by atoms with E-state index in [2.05, 4.69) is 0 Å². The lowest BCUT2D eigenvalue weighted by molar-refractivity contribution is 0.523. The molecule has 0 aromatic carbocycles. The maximum absolute atomic E-state index is 10.1. The lowest BCUT2D eigenvalue weighted by Gasteiger charge is -2.17.